The molecule has 0 unspecified atom stereocenters. The molecule has 1 aromatic carbocycles. The van der Waals surface area contributed by atoms with Gasteiger partial charge in [-0.1, -0.05) is 24.3 Å². The quantitative estimate of drug-likeness (QED) is 0.444. The SMILES string of the molecule is CC(C)(C)[S@@](=O)N1Cc2cc(C(=O)NCC(F)(F)F)nc(-c3cccc(-c4cccnc4)c3)c2[C@H]1CCO. The number of alkyl halides is 3. The number of nitrogens with one attached hydrogen (secondary N) is 1. The number of benzene rings is 1. The van der Waals surface area contributed by atoms with Crippen LogP contribution in [0.15, 0.2) is 54.9 Å². The Balaban J connectivity index is 1.87. The van der Waals surface area contributed by atoms with Crippen molar-refractivity contribution in [2.75, 3.05) is 13.2 Å². The molecular formula is C27H29F3N4O3S. The summed E-state index contributed by atoms with van der Waals surface area (Å²) in [5.41, 5.74) is 3.90. The zero-order valence-corrected chi connectivity index (χ0v) is 22.1. The molecule has 0 spiro atoms. The molecule has 0 bridgehead atoms. The van der Waals surface area contributed by atoms with Crippen molar-refractivity contribution < 1.29 is 27.3 Å². The molecule has 2 N–H and O–H groups in total. The molecule has 7 nitrogen and oxygen atoms in total. The molecule has 0 fully saturated rings. The molecule has 3 heterocycles. The van der Waals surface area contributed by atoms with Crippen LogP contribution in [0.1, 0.15) is 54.8 Å². The molecular weight excluding hydrogens is 517 g/mol. The number of aliphatic hydroxyl groups excluding tert-OH is 1. The van der Waals surface area contributed by atoms with E-state index < -0.39 is 40.4 Å². The average molecular weight is 547 g/mol. The van der Waals surface area contributed by atoms with Crippen LogP contribution in [0.4, 0.5) is 13.2 Å². The lowest BCUT2D eigenvalue weighted by Gasteiger charge is -2.30. The number of rotatable bonds is 7. The van der Waals surface area contributed by atoms with E-state index in [0.717, 1.165) is 11.1 Å². The van der Waals surface area contributed by atoms with E-state index in [9.17, 15) is 27.3 Å². The van der Waals surface area contributed by atoms with Gasteiger partial charge in [0.2, 0.25) is 0 Å². The van der Waals surface area contributed by atoms with Crippen LogP contribution in [-0.2, 0) is 17.5 Å². The normalized spacial score (nSPS) is 16.8. The van der Waals surface area contributed by atoms with Crippen molar-refractivity contribution in [3.05, 3.63) is 71.7 Å². The number of carbonyl (C=O) groups is 1. The minimum atomic E-state index is -4.57. The predicted molar refractivity (Wildman–Crippen MR) is 139 cm³/mol. The topological polar surface area (TPSA) is 95.4 Å². The lowest BCUT2D eigenvalue weighted by atomic mass is 9.94. The minimum Gasteiger partial charge on any atom is -0.396 e. The predicted octanol–water partition coefficient (Wildman–Crippen LogP) is 4.80. The number of aromatic nitrogens is 2. The van der Waals surface area contributed by atoms with Crippen LogP contribution in [0.2, 0.25) is 0 Å². The van der Waals surface area contributed by atoms with Crippen molar-refractivity contribution in [2.45, 2.75) is 50.7 Å². The van der Waals surface area contributed by atoms with Gasteiger partial charge in [-0.3, -0.25) is 9.78 Å². The summed E-state index contributed by atoms with van der Waals surface area (Å²) in [6.45, 7) is 4.06. The van der Waals surface area contributed by atoms with Crippen LogP contribution in [0.3, 0.4) is 0 Å². The van der Waals surface area contributed by atoms with Crippen LogP contribution < -0.4 is 5.32 Å². The molecule has 0 radical (unpaired) electrons. The molecule has 1 aliphatic heterocycles. The lowest BCUT2D eigenvalue weighted by molar-refractivity contribution is -0.123. The van der Waals surface area contributed by atoms with Gasteiger partial charge in [0.05, 0.1) is 16.5 Å². The second kappa shape index (κ2) is 10.9. The summed E-state index contributed by atoms with van der Waals surface area (Å²) in [5.74, 6) is -0.955. The highest BCUT2D eigenvalue weighted by Crippen LogP contribution is 2.44. The fraction of sp³-hybridized carbons (Fsp3) is 0.370. The highest BCUT2D eigenvalue weighted by atomic mass is 32.2. The molecule has 0 saturated carbocycles. The number of aliphatic hydroxyl groups is 1. The number of fused-ring (bicyclic) bond motifs is 1. The number of amides is 1. The van der Waals surface area contributed by atoms with E-state index in [2.05, 4.69) is 9.97 Å². The van der Waals surface area contributed by atoms with Crippen LogP contribution >= 0.6 is 0 Å². The summed E-state index contributed by atoms with van der Waals surface area (Å²) in [6, 6.07) is 12.1. The van der Waals surface area contributed by atoms with Gasteiger partial charge in [0, 0.05) is 42.2 Å². The van der Waals surface area contributed by atoms with E-state index in [1.807, 2.05) is 50.4 Å². The summed E-state index contributed by atoms with van der Waals surface area (Å²) < 4.78 is 53.0. The molecule has 2 aromatic heterocycles. The molecule has 11 heteroatoms. The first-order valence-electron chi connectivity index (χ1n) is 12.1. The van der Waals surface area contributed by atoms with E-state index in [1.165, 1.54) is 6.07 Å². The zero-order chi connectivity index (χ0) is 27.7. The van der Waals surface area contributed by atoms with Crippen molar-refractivity contribution in [3.63, 3.8) is 0 Å². The first-order chi connectivity index (χ1) is 17.9. The second-order valence-electron chi connectivity index (χ2n) is 10.0. The Bertz CT molecular complexity index is 1340. The van der Waals surface area contributed by atoms with Gasteiger partial charge in [-0.25, -0.2) is 13.5 Å². The first kappa shape index (κ1) is 27.9. The van der Waals surface area contributed by atoms with Crippen molar-refractivity contribution in [3.8, 4) is 22.4 Å². The van der Waals surface area contributed by atoms with E-state index >= 15 is 0 Å². The van der Waals surface area contributed by atoms with Crippen LogP contribution in [0.25, 0.3) is 22.4 Å². The van der Waals surface area contributed by atoms with Gasteiger partial charge in [-0.15, -0.1) is 0 Å². The van der Waals surface area contributed by atoms with Gasteiger partial charge < -0.3 is 10.4 Å². The summed E-state index contributed by atoms with van der Waals surface area (Å²) in [7, 11) is -1.46. The van der Waals surface area contributed by atoms with Gasteiger partial charge in [0.1, 0.15) is 23.2 Å². The first-order valence-corrected chi connectivity index (χ1v) is 13.2. The van der Waals surface area contributed by atoms with Gasteiger partial charge in [-0.05, 0) is 56.5 Å². The Morgan fingerprint density at radius 1 is 1.13 bits per heavy atom. The maximum absolute atomic E-state index is 13.5. The molecule has 3 aromatic rings. The molecule has 2 atom stereocenters. The standard InChI is InChI=1S/C27H29F3N4O3S/c1-26(2,3)38(37)34-15-20-13-21(25(36)32-16-27(28,29)30)33-24(23(20)22(34)9-11-35)18-7-4-6-17(12-18)19-8-5-10-31-14-19/h4-8,10,12-14,22,35H,9,11,15-16H2,1-3H3,(H,32,36)/t22-,38-/m1/s1. The summed E-state index contributed by atoms with van der Waals surface area (Å²) in [4.78, 5) is 21.4. The Morgan fingerprint density at radius 3 is 2.47 bits per heavy atom. The zero-order valence-electron chi connectivity index (χ0n) is 21.2. The van der Waals surface area contributed by atoms with E-state index in [0.29, 0.717) is 22.4 Å². The lowest BCUT2D eigenvalue weighted by Crippen LogP contribution is -2.36. The number of hydrogen-bond acceptors (Lipinski definition) is 5. The second-order valence-corrected chi connectivity index (χ2v) is 12.2. The molecule has 0 saturated heterocycles. The molecule has 1 amide bonds. The van der Waals surface area contributed by atoms with Gasteiger partial charge >= 0.3 is 6.18 Å². The third-order valence-corrected chi connectivity index (χ3v) is 7.96. The Kier molecular flexibility index (Phi) is 8.01. The maximum Gasteiger partial charge on any atom is 0.405 e. The smallest absolute Gasteiger partial charge is 0.396 e. The number of nitrogens with zero attached hydrogens (tertiary/aromatic N) is 3. The molecule has 1 aliphatic rings. The molecule has 38 heavy (non-hydrogen) atoms. The fourth-order valence-corrected chi connectivity index (χ4v) is 5.86. The third-order valence-electron chi connectivity index (χ3n) is 6.10. The monoisotopic (exact) mass is 546 g/mol. The summed E-state index contributed by atoms with van der Waals surface area (Å²) >= 11 is 0. The van der Waals surface area contributed by atoms with Crippen LogP contribution in [0.5, 0.6) is 0 Å². The Hall–Kier alpha value is -3.15. The Labute approximate surface area is 221 Å². The van der Waals surface area contributed by atoms with Crippen LogP contribution in [-0.4, -0.2) is 53.6 Å². The number of carbonyl (C=O) groups excluding carboxylic acids is 1. The molecule has 0 aliphatic carbocycles. The number of halogens is 3. The van der Waals surface area contributed by atoms with Gasteiger partial charge in [0.15, 0.2) is 0 Å². The summed E-state index contributed by atoms with van der Waals surface area (Å²) in [5, 5.41) is 11.8. The highest BCUT2D eigenvalue weighted by Gasteiger charge is 2.40. The van der Waals surface area contributed by atoms with E-state index in [1.54, 1.807) is 28.8 Å². The average Bonchev–Trinajstić information content (AvgIpc) is 3.24. The summed E-state index contributed by atoms with van der Waals surface area (Å²) in [6.07, 6.45) is -0.930. The fourth-order valence-electron chi connectivity index (χ4n) is 4.46. The van der Waals surface area contributed by atoms with Crippen molar-refractivity contribution in [2.24, 2.45) is 0 Å². The van der Waals surface area contributed by atoms with Crippen molar-refractivity contribution >= 4 is 16.9 Å². The number of pyridine rings is 2. The number of hydrogen-bond donors (Lipinski definition) is 2. The highest BCUT2D eigenvalue weighted by molar-refractivity contribution is 7.84. The van der Waals surface area contributed by atoms with Crippen molar-refractivity contribution in [1.82, 2.24) is 19.6 Å². The Morgan fingerprint density at radius 2 is 1.84 bits per heavy atom. The largest absolute Gasteiger partial charge is 0.405 e. The van der Waals surface area contributed by atoms with Gasteiger partial charge in [0.25, 0.3) is 5.91 Å². The van der Waals surface area contributed by atoms with E-state index in [-0.39, 0.29) is 25.3 Å². The van der Waals surface area contributed by atoms with Gasteiger partial charge in [-0.2, -0.15) is 13.2 Å². The molecule has 202 valence electrons. The molecule has 4 rings (SSSR count). The van der Waals surface area contributed by atoms with Crippen molar-refractivity contribution in [1.29, 1.82) is 0 Å². The van der Waals surface area contributed by atoms with Crippen LogP contribution in [0, 0.1) is 0 Å². The minimum absolute atomic E-state index is 0.166. The maximum atomic E-state index is 13.5. The third kappa shape index (κ3) is 6.11. The van der Waals surface area contributed by atoms with E-state index in [4.69, 9.17) is 0 Å².